The van der Waals surface area contributed by atoms with Crippen molar-refractivity contribution in [2.75, 3.05) is 6.54 Å². The molecule has 0 N–H and O–H groups in total. The molecule has 0 aliphatic carbocycles. The van der Waals surface area contributed by atoms with Crippen LogP contribution in [-0.2, 0) is 0 Å². The molecule has 0 aromatic heterocycles. The van der Waals surface area contributed by atoms with Gasteiger partial charge in [-0.25, -0.2) is 0 Å². The third-order valence-corrected chi connectivity index (χ3v) is 3.89. The van der Waals surface area contributed by atoms with E-state index >= 15 is 0 Å². The Morgan fingerprint density at radius 2 is 1.75 bits per heavy atom. The van der Waals surface area contributed by atoms with Crippen LogP contribution in [0.1, 0.15) is 31.1 Å². The monoisotopic (exact) mass is 344 g/mol. The number of nitrogens with zero attached hydrogens (tertiary/aromatic N) is 2. The Morgan fingerprint density at radius 3 is 2.38 bits per heavy atom. The standard InChI is InChI=1S/C16H9ClN2O5/c17-10-6-4-9(5-7-10)13(20)8-18-15(21)11-2-1-3-12(19(23)24)14(11)16(18)22/h1-7H,8H2. The number of amides is 2. The lowest BCUT2D eigenvalue weighted by atomic mass is 10.1. The van der Waals surface area contributed by atoms with Gasteiger partial charge in [0.25, 0.3) is 17.5 Å². The molecule has 0 atom stereocenters. The summed E-state index contributed by atoms with van der Waals surface area (Å²) < 4.78 is 0. The summed E-state index contributed by atoms with van der Waals surface area (Å²) in [7, 11) is 0. The minimum Gasteiger partial charge on any atom is -0.292 e. The molecule has 0 spiro atoms. The van der Waals surface area contributed by atoms with Crippen molar-refractivity contribution in [3.05, 3.63) is 74.3 Å². The van der Waals surface area contributed by atoms with Gasteiger partial charge in [-0.3, -0.25) is 29.4 Å². The molecule has 3 rings (SSSR count). The highest BCUT2D eigenvalue weighted by atomic mass is 35.5. The lowest BCUT2D eigenvalue weighted by Gasteiger charge is -2.12. The maximum absolute atomic E-state index is 12.4. The van der Waals surface area contributed by atoms with Crippen molar-refractivity contribution >= 4 is 34.9 Å². The average Bonchev–Trinajstić information content (AvgIpc) is 2.80. The molecule has 8 heteroatoms. The molecule has 1 aliphatic rings. The van der Waals surface area contributed by atoms with E-state index in [-0.39, 0.29) is 16.7 Å². The van der Waals surface area contributed by atoms with Crippen LogP contribution >= 0.6 is 11.6 Å². The number of rotatable bonds is 4. The van der Waals surface area contributed by atoms with Crippen LogP contribution in [0.25, 0.3) is 0 Å². The summed E-state index contributed by atoms with van der Waals surface area (Å²) in [6.07, 6.45) is 0. The number of nitro groups is 1. The Kier molecular flexibility index (Phi) is 3.86. The lowest BCUT2D eigenvalue weighted by molar-refractivity contribution is -0.385. The van der Waals surface area contributed by atoms with Crippen LogP contribution in [0.5, 0.6) is 0 Å². The maximum atomic E-state index is 12.4. The number of benzene rings is 2. The first-order valence-electron chi connectivity index (χ1n) is 6.82. The molecule has 2 aromatic rings. The summed E-state index contributed by atoms with van der Waals surface area (Å²) >= 11 is 5.75. The number of hydrogen-bond donors (Lipinski definition) is 0. The SMILES string of the molecule is O=C(CN1C(=O)c2cccc([N+](=O)[O-])c2C1=O)c1ccc(Cl)cc1. The molecule has 0 fully saturated rings. The first-order valence-corrected chi connectivity index (χ1v) is 7.20. The normalized spacial score (nSPS) is 13.1. The highest BCUT2D eigenvalue weighted by Crippen LogP contribution is 2.30. The molecule has 2 aromatic carbocycles. The molecule has 0 bridgehead atoms. The second kappa shape index (κ2) is 5.86. The molecule has 24 heavy (non-hydrogen) atoms. The Labute approximate surface area is 140 Å². The molecular weight excluding hydrogens is 336 g/mol. The Bertz CT molecular complexity index is 892. The minimum absolute atomic E-state index is 0.0712. The quantitative estimate of drug-likeness (QED) is 0.367. The van der Waals surface area contributed by atoms with Gasteiger partial charge in [-0.2, -0.15) is 0 Å². The zero-order valence-corrected chi connectivity index (χ0v) is 12.8. The van der Waals surface area contributed by atoms with E-state index in [9.17, 15) is 24.5 Å². The predicted octanol–water partition coefficient (Wildman–Crippen LogP) is 2.73. The van der Waals surface area contributed by atoms with Gasteiger partial charge in [-0.15, -0.1) is 0 Å². The summed E-state index contributed by atoms with van der Waals surface area (Å²) in [5.74, 6) is -2.03. The fourth-order valence-corrected chi connectivity index (χ4v) is 2.61. The van der Waals surface area contributed by atoms with Crippen LogP contribution in [0.3, 0.4) is 0 Å². The molecular formula is C16H9ClN2O5. The van der Waals surface area contributed by atoms with E-state index in [1.807, 2.05) is 0 Å². The zero-order valence-electron chi connectivity index (χ0n) is 12.1. The van der Waals surface area contributed by atoms with Crippen LogP contribution in [0, 0.1) is 10.1 Å². The van der Waals surface area contributed by atoms with Gasteiger partial charge in [0.1, 0.15) is 5.56 Å². The largest absolute Gasteiger partial charge is 0.292 e. The second-order valence-electron chi connectivity index (χ2n) is 5.08. The van der Waals surface area contributed by atoms with Crippen molar-refractivity contribution in [3.63, 3.8) is 0 Å². The van der Waals surface area contributed by atoms with Gasteiger partial charge in [0.05, 0.1) is 17.0 Å². The number of fused-ring (bicyclic) bond motifs is 1. The highest BCUT2D eigenvalue weighted by Gasteiger charge is 2.41. The molecule has 2 amide bonds. The Hall–Kier alpha value is -3.06. The van der Waals surface area contributed by atoms with Crippen LogP contribution in [0.4, 0.5) is 5.69 Å². The number of Topliss-reactive ketones (excluding diaryl/α,β-unsaturated/α-hetero) is 1. The summed E-state index contributed by atoms with van der Waals surface area (Å²) in [6, 6.07) is 9.79. The van der Waals surface area contributed by atoms with Crippen molar-refractivity contribution in [2.45, 2.75) is 0 Å². The highest BCUT2D eigenvalue weighted by molar-refractivity contribution is 6.30. The number of hydrogen-bond acceptors (Lipinski definition) is 5. The van der Waals surface area contributed by atoms with Crippen molar-refractivity contribution in [3.8, 4) is 0 Å². The molecule has 0 saturated carbocycles. The predicted molar refractivity (Wildman–Crippen MR) is 84.2 cm³/mol. The first-order chi connectivity index (χ1) is 11.4. The van der Waals surface area contributed by atoms with Gasteiger partial charge in [-0.1, -0.05) is 17.7 Å². The van der Waals surface area contributed by atoms with Crippen LogP contribution < -0.4 is 0 Å². The van der Waals surface area contributed by atoms with E-state index in [0.717, 1.165) is 6.07 Å². The smallest absolute Gasteiger partial charge is 0.282 e. The summed E-state index contributed by atoms with van der Waals surface area (Å²) in [4.78, 5) is 48.0. The van der Waals surface area contributed by atoms with E-state index in [1.165, 1.54) is 36.4 Å². The second-order valence-corrected chi connectivity index (χ2v) is 5.52. The number of nitro benzene ring substituents is 1. The number of imide groups is 1. The molecule has 1 heterocycles. The first kappa shape index (κ1) is 15.8. The molecule has 0 unspecified atom stereocenters. The minimum atomic E-state index is -0.843. The van der Waals surface area contributed by atoms with Gasteiger partial charge >= 0.3 is 0 Å². The van der Waals surface area contributed by atoms with Crippen LogP contribution in [0.2, 0.25) is 5.02 Å². The van der Waals surface area contributed by atoms with E-state index < -0.39 is 34.8 Å². The Balaban J connectivity index is 1.91. The van der Waals surface area contributed by atoms with Crippen molar-refractivity contribution in [2.24, 2.45) is 0 Å². The molecule has 1 aliphatic heterocycles. The maximum Gasteiger partial charge on any atom is 0.282 e. The lowest BCUT2D eigenvalue weighted by Crippen LogP contribution is -2.35. The van der Waals surface area contributed by atoms with E-state index in [0.29, 0.717) is 9.92 Å². The van der Waals surface area contributed by atoms with E-state index in [2.05, 4.69) is 0 Å². The molecule has 120 valence electrons. The zero-order chi connectivity index (χ0) is 17.4. The average molecular weight is 345 g/mol. The fourth-order valence-electron chi connectivity index (χ4n) is 2.48. The van der Waals surface area contributed by atoms with Gasteiger partial charge in [0.15, 0.2) is 5.78 Å². The van der Waals surface area contributed by atoms with Gasteiger partial charge in [0.2, 0.25) is 0 Å². The van der Waals surface area contributed by atoms with Gasteiger partial charge in [0, 0.05) is 16.7 Å². The topological polar surface area (TPSA) is 97.6 Å². The number of carbonyl (C=O) groups excluding carboxylic acids is 3. The summed E-state index contributed by atoms with van der Waals surface area (Å²) in [5.41, 5.74) is -0.521. The third kappa shape index (κ3) is 2.55. The van der Waals surface area contributed by atoms with Crippen molar-refractivity contribution in [1.82, 2.24) is 4.90 Å². The molecule has 0 saturated heterocycles. The van der Waals surface area contributed by atoms with Crippen LogP contribution in [0.15, 0.2) is 42.5 Å². The van der Waals surface area contributed by atoms with Gasteiger partial charge < -0.3 is 0 Å². The van der Waals surface area contributed by atoms with E-state index in [1.54, 1.807) is 0 Å². The molecule has 0 radical (unpaired) electrons. The number of halogens is 1. The van der Waals surface area contributed by atoms with Gasteiger partial charge in [-0.05, 0) is 30.3 Å². The number of carbonyl (C=O) groups is 3. The third-order valence-electron chi connectivity index (χ3n) is 3.64. The van der Waals surface area contributed by atoms with Crippen LogP contribution in [-0.4, -0.2) is 34.0 Å². The summed E-state index contributed by atoms with van der Waals surface area (Å²) in [5, 5.41) is 11.5. The van der Waals surface area contributed by atoms with Crippen molar-refractivity contribution in [1.29, 1.82) is 0 Å². The molecule has 7 nitrogen and oxygen atoms in total. The van der Waals surface area contributed by atoms with Crippen molar-refractivity contribution < 1.29 is 19.3 Å². The van der Waals surface area contributed by atoms with E-state index in [4.69, 9.17) is 11.6 Å². The summed E-state index contributed by atoms with van der Waals surface area (Å²) in [6.45, 7) is -0.495. The fraction of sp³-hybridized carbons (Fsp3) is 0.0625. The Morgan fingerprint density at radius 1 is 1.08 bits per heavy atom. The number of ketones is 1.